The van der Waals surface area contributed by atoms with Gasteiger partial charge in [-0.25, -0.2) is 4.79 Å². The minimum absolute atomic E-state index is 0.114. The van der Waals surface area contributed by atoms with Crippen molar-refractivity contribution in [2.24, 2.45) is 0 Å². The summed E-state index contributed by atoms with van der Waals surface area (Å²) < 4.78 is 7.53. The van der Waals surface area contributed by atoms with Crippen LogP contribution in [-0.4, -0.2) is 29.7 Å². The molecule has 4 rings (SSSR count). The lowest BCUT2D eigenvalue weighted by Gasteiger charge is -2.23. The van der Waals surface area contributed by atoms with Crippen molar-refractivity contribution in [1.29, 1.82) is 0 Å². The highest BCUT2D eigenvalue weighted by atomic mass is 16.6. The normalized spacial score (nSPS) is 12.8. The second-order valence-electron chi connectivity index (χ2n) is 6.71. The first-order valence-corrected chi connectivity index (χ1v) is 8.71. The van der Waals surface area contributed by atoms with Crippen LogP contribution in [0, 0.1) is 0 Å². The molecule has 0 N–H and O–H groups in total. The van der Waals surface area contributed by atoms with Gasteiger partial charge in [-0.3, -0.25) is 4.79 Å². The van der Waals surface area contributed by atoms with Gasteiger partial charge in [0.2, 0.25) is 0 Å². The van der Waals surface area contributed by atoms with Crippen LogP contribution in [0.25, 0.3) is 22.0 Å². The van der Waals surface area contributed by atoms with E-state index in [0.29, 0.717) is 17.9 Å². The fourth-order valence-electron chi connectivity index (χ4n) is 3.55. The van der Waals surface area contributed by atoms with Crippen molar-refractivity contribution < 1.29 is 9.53 Å². The highest BCUT2D eigenvalue weighted by molar-refractivity contribution is 5.96. The Labute approximate surface area is 151 Å². The van der Waals surface area contributed by atoms with Crippen molar-refractivity contribution in [3.05, 3.63) is 64.4 Å². The smallest absolute Gasteiger partial charge is 0.409 e. The average molecular weight is 348 g/mol. The summed E-state index contributed by atoms with van der Waals surface area (Å²) in [7, 11) is 3.25. The SMILES string of the molecule is CN(C)C(=O)Oc1c(-c2ccccc2)c(=O)n2c3c(cccc13)CCC2. The van der Waals surface area contributed by atoms with Gasteiger partial charge in [0.15, 0.2) is 5.75 Å². The van der Waals surface area contributed by atoms with Crippen molar-refractivity contribution in [3.63, 3.8) is 0 Å². The number of nitrogens with zero attached hydrogens (tertiary/aromatic N) is 2. The quantitative estimate of drug-likeness (QED) is 0.710. The standard InChI is InChI=1S/C21H20N2O3/c1-22(2)21(25)26-19-16-12-6-10-15-11-7-13-23(18(15)16)20(24)17(19)14-8-4-3-5-9-14/h3-6,8-10,12H,7,11,13H2,1-2H3. The van der Waals surface area contributed by atoms with E-state index in [1.54, 1.807) is 14.1 Å². The van der Waals surface area contributed by atoms with E-state index < -0.39 is 6.09 Å². The molecule has 0 unspecified atom stereocenters. The van der Waals surface area contributed by atoms with E-state index in [4.69, 9.17) is 4.74 Å². The Kier molecular flexibility index (Phi) is 3.99. The average Bonchev–Trinajstić information content (AvgIpc) is 2.66. The van der Waals surface area contributed by atoms with Crippen LogP contribution in [0.5, 0.6) is 5.75 Å². The number of carbonyl (C=O) groups is 1. The number of para-hydroxylation sites is 1. The van der Waals surface area contributed by atoms with Gasteiger partial charge < -0.3 is 14.2 Å². The topological polar surface area (TPSA) is 51.5 Å². The molecule has 0 fully saturated rings. The molecule has 5 nitrogen and oxygen atoms in total. The molecule has 0 bridgehead atoms. The van der Waals surface area contributed by atoms with E-state index in [9.17, 15) is 9.59 Å². The molecule has 3 aromatic rings. The molecule has 2 aromatic carbocycles. The lowest BCUT2D eigenvalue weighted by atomic mass is 9.97. The van der Waals surface area contributed by atoms with E-state index >= 15 is 0 Å². The second-order valence-corrected chi connectivity index (χ2v) is 6.71. The van der Waals surface area contributed by atoms with E-state index in [1.807, 2.05) is 53.1 Å². The van der Waals surface area contributed by atoms with Gasteiger partial charge in [0.05, 0.1) is 11.1 Å². The van der Waals surface area contributed by atoms with Crippen LogP contribution in [0.4, 0.5) is 4.79 Å². The Morgan fingerprint density at radius 1 is 1.08 bits per heavy atom. The van der Waals surface area contributed by atoms with Crippen molar-refractivity contribution in [3.8, 4) is 16.9 Å². The predicted molar refractivity (Wildman–Crippen MR) is 102 cm³/mol. The van der Waals surface area contributed by atoms with Gasteiger partial charge in [0.25, 0.3) is 5.56 Å². The van der Waals surface area contributed by atoms with Crippen LogP contribution in [0.1, 0.15) is 12.0 Å². The molecule has 1 aliphatic heterocycles. The monoisotopic (exact) mass is 348 g/mol. The van der Waals surface area contributed by atoms with Crippen molar-refractivity contribution in [2.75, 3.05) is 14.1 Å². The number of benzene rings is 2. The highest BCUT2D eigenvalue weighted by Crippen LogP contribution is 2.37. The Balaban J connectivity index is 2.10. The number of hydrogen-bond donors (Lipinski definition) is 0. The summed E-state index contributed by atoms with van der Waals surface area (Å²) in [5.74, 6) is 0.342. The number of hydrogen-bond acceptors (Lipinski definition) is 3. The fourth-order valence-corrected chi connectivity index (χ4v) is 3.55. The van der Waals surface area contributed by atoms with Crippen LogP contribution in [0.15, 0.2) is 53.3 Å². The molecule has 2 heterocycles. The third-order valence-electron chi connectivity index (χ3n) is 4.77. The largest absolute Gasteiger partial charge is 0.414 e. The molecule has 1 aromatic heterocycles. The highest BCUT2D eigenvalue weighted by Gasteiger charge is 2.25. The van der Waals surface area contributed by atoms with Crippen LogP contribution in [0.3, 0.4) is 0 Å². The molecule has 1 amide bonds. The molecule has 1 aliphatic rings. The fraction of sp³-hybridized carbons (Fsp3) is 0.238. The lowest BCUT2D eigenvalue weighted by molar-refractivity contribution is 0.172. The number of amides is 1. The van der Waals surface area contributed by atoms with Gasteiger partial charge in [-0.2, -0.15) is 0 Å². The Bertz CT molecular complexity index is 1050. The number of aromatic nitrogens is 1. The van der Waals surface area contributed by atoms with Crippen LogP contribution >= 0.6 is 0 Å². The maximum Gasteiger partial charge on any atom is 0.414 e. The molecule has 0 spiro atoms. The molecule has 5 heteroatoms. The third kappa shape index (κ3) is 2.56. The maximum absolute atomic E-state index is 13.3. The van der Waals surface area contributed by atoms with E-state index in [2.05, 4.69) is 0 Å². The predicted octanol–water partition coefficient (Wildman–Crippen LogP) is 3.68. The minimum atomic E-state index is -0.497. The van der Waals surface area contributed by atoms with Crippen LogP contribution in [0.2, 0.25) is 0 Å². The zero-order chi connectivity index (χ0) is 18.3. The van der Waals surface area contributed by atoms with Gasteiger partial charge in [0, 0.05) is 26.0 Å². The molecular weight excluding hydrogens is 328 g/mol. The minimum Gasteiger partial charge on any atom is -0.409 e. The summed E-state index contributed by atoms with van der Waals surface area (Å²) in [5, 5.41) is 0.802. The van der Waals surface area contributed by atoms with Crippen molar-refractivity contribution in [1.82, 2.24) is 9.47 Å². The number of aryl methyl sites for hydroxylation is 2. The zero-order valence-corrected chi connectivity index (χ0v) is 14.9. The number of rotatable bonds is 2. The van der Waals surface area contributed by atoms with E-state index in [-0.39, 0.29) is 5.56 Å². The molecule has 0 radical (unpaired) electrons. The van der Waals surface area contributed by atoms with Gasteiger partial charge in [-0.1, -0.05) is 42.5 Å². The Morgan fingerprint density at radius 2 is 1.85 bits per heavy atom. The summed E-state index contributed by atoms with van der Waals surface area (Å²) in [6.45, 7) is 0.675. The van der Waals surface area contributed by atoms with Crippen molar-refractivity contribution in [2.45, 2.75) is 19.4 Å². The van der Waals surface area contributed by atoms with Gasteiger partial charge in [-0.15, -0.1) is 0 Å². The lowest BCUT2D eigenvalue weighted by Crippen LogP contribution is -2.30. The van der Waals surface area contributed by atoms with Gasteiger partial charge in [-0.05, 0) is 30.0 Å². The van der Waals surface area contributed by atoms with Crippen LogP contribution < -0.4 is 10.3 Å². The summed E-state index contributed by atoms with van der Waals surface area (Å²) >= 11 is 0. The van der Waals surface area contributed by atoms with Crippen molar-refractivity contribution >= 4 is 17.0 Å². The second kappa shape index (κ2) is 6.33. The number of ether oxygens (including phenoxy) is 1. The Morgan fingerprint density at radius 3 is 2.58 bits per heavy atom. The van der Waals surface area contributed by atoms with E-state index in [1.165, 1.54) is 4.90 Å². The molecular formula is C21H20N2O3. The molecule has 0 atom stereocenters. The van der Waals surface area contributed by atoms with E-state index in [0.717, 1.165) is 34.9 Å². The molecule has 0 aliphatic carbocycles. The summed E-state index contributed by atoms with van der Waals surface area (Å²) in [6, 6.07) is 15.3. The number of carbonyl (C=O) groups excluding carboxylic acids is 1. The first kappa shape index (κ1) is 16.4. The maximum atomic E-state index is 13.3. The third-order valence-corrected chi connectivity index (χ3v) is 4.77. The van der Waals surface area contributed by atoms with Gasteiger partial charge >= 0.3 is 6.09 Å². The molecule has 26 heavy (non-hydrogen) atoms. The molecule has 0 saturated carbocycles. The first-order valence-electron chi connectivity index (χ1n) is 8.71. The van der Waals surface area contributed by atoms with Gasteiger partial charge in [0.1, 0.15) is 0 Å². The zero-order valence-electron chi connectivity index (χ0n) is 14.9. The van der Waals surface area contributed by atoms with Crippen LogP contribution in [-0.2, 0) is 13.0 Å². The number of pyridine rings is 1. The summed E-state index contributed by atoms with van der Waals surface area (Å²) in [5.41, 5.74) is 3.07. The Hall–Kier alpha value is -3.08. The molecule has 0 saturated heterocycles. The first-order chi connectivity index (χ1) is 12.6. The molecule has 132 valence electrons. The summed E-state index contributed by atoms with van der Waals surface area (Å²) in [6.07, 6.45) is 1.35. The summed E-state index contributed by atoms with van der Waals surface area (Å²) in [4.78, 5) is 27.0.